The Labute approximate surface area is 115 Å². The van der Waals surface area contributed by atoms with E-state index in [1.807, 2.05) is 0 Å². The third-order valence-electron chi connectivity index (χ3n) is 2.67. The molecule has 0 aliphatic rings. The third kappa shape index (κ3) is 17.1. The number of unbranched alkanes of at least 4 members (excludes halogenated alkanes) is 9. The van der Waals surface area contributed by atoms with E-state index in [4.69, 9.17) is 4.55 Å². The van der Waals surface area contributed by atoms with Gasteiger partial charge in [0.25, 0.3) is 0 Å². The topological polar surface area (TPSA) is 37.3 Å². The standard InChI is InChI=1S/C12H26O2S.Li.H/c1-2-3-4-5-6-7-8-9-10-11-12-15(13)14;;/h2-12H2,1H3,(H,13,14);;. The zero-order valence-corrected chi connectivity index (χ0v) is 10.9. The summed E-state index contributed by atoms with van der Waals surface area (Å²) < 4.78 is 18.9. The van der Waals surface area contributed by atoms with Gasteiger partial charge in [-0.15, -0.1) is 0 Å². The molecule has 0 radical (unpaired) electrons. The molecule has 0 rings (SSSR count). The first-order chi connectivity index (χ1) is 7.27. The maximum atomic E-state index is 10.3. The molecule has 0 fully saturated rings. The minimum absolute atomic E-state index is 0. The van der Waals surface area contributed by atoms with Crippen LogP contribution in [0.1, 0.15) is 71.1 Å². The Hall–Kier alpha value is 0.707. The first-order valence-corrected chi connectivity index (χ1v) is 7.62. The van der Waals surface area contributed by atoms with Gasteiger partial charge in [-0.1, -0.05) is 64.7 Å². The van der Waals surface area contributed by atoms with E-state index >= 15 is 0 Å². The number of hydrogen-bond donors (Lipinski definition) is 1. The van der Waals surface area contributed by atoms with Gasteiger partial charge in [-0.25, -0.2) is 4.21 Å². The second-order valence-electron chi connectivity index (χ2n) is 4.21. The monoisotopic (exact) mass is 242 g/mol. The molecule has 4 heteroatoms. The quantitative estimate of drug-likeness (QED) is 0.342. The second kappa shape index (κ2) is 15.7. The van der Waals surface area contributed by atoms with Crippen molar-refractivity contribution in [1.82, 2.24) is 0 Å². The van der Waals surface area contributed by atoms with Gasteiger partial charge in [0.2, 0.25) is 0 Å². The molecular formula is C12H27LiO2S. The normalized spacial score (nSPS) is 12.1. The predicted octanol–water partition coefficient (Wildman–Crippen LogP) is 3.48. The van der Waals surface area contributed by atoms with Gasteiger partial charge >= 0.3 is 18.9 Å². The Balaban J connectivity index is 0. The molecule has 0 aliphatic carbocycles. The van der Waals surface area contributed by atoms with Gasteiger partial charge in [-0.05, 0) is 6.42 Å². The molecule has 1 N–H and O–H groups in total. The number of rotatable bonds is 11. The fourth-order valence-corrected chi connectivity index (χ4v) is 2.16. The summed E-state index contributed by atoms with van der Waals surface area (Å²) in [4.78, 5) is 0. The molecule has 0 heterocycles. The summed E-state index contributed by atoms with van der Waals surface area (Å²) in [5.41, 5.74) is 0. The van der Waals surface area contributed by atoms with Crippen molar-refractivity contribution in [3.05, 3.63) is 0 Å². The van der Waals surface area contributed by atoms with Crippen LogP contribution in [0.4, 0.5) is 0 Å². The van der Waals surface area contributed by atoms with Crippen LogP contribution in [0.2, 0.25) is 0 Å². The molecule has 0 aromatic carbocycles. The van der Waals surface area contributed by atoms with Crippen LogP contribution >= 0.6 is 0 Å². The van der Waals surface area contributed by atoms with Gasteiger partial charge < -0.3 is 4.55 Å². The van der Waals surface area contributed by atoms with Crippen molar-refractivity contribution in [2.75, 3.05) is 5.75 Å². The molecule has 2 nitrogen and oxygen atoms in total. The van der Waals surface area contributed by atoms with E-state index in [1.54, 1.807) is 0 Å². The summed E-state index contributed by atoms with van der Waals surface area (Å²) >= 11 is -1.58. The Morgan fingerprint density at radius 3 is 1.56 bits per heavy atom. The molecule has 0 spiro atoms. The van der Waals surface area contributed by atoms with Gasteiger partial charge in [-0.3, -0.25) is 0 Å². The van der Waals surface area contributed by atoms with Crippen molar-refractivity contribution < 1.29 is 8.76 Å². The van der Waals surface area contributed by atoms with Crippen molar-refractivity contribution in [2.24, 2.45) is 0 Å². The average molecular weight is 242 g/mol. The molecular weight excluding hydrogens is 215 g/mol. The van der Waals surface area contributed by atoms with E-state index in [0.717, 1.165) is 12.8 Å². The second-order valence-corrected chi connectivity index (χ2v) is 5.26. The summed E-state index contributed by atoms with van der Waals surface area (Å²) in [5, 5.41) is 0. The molecule has 0 aliphatic heterocycles. The minimum atomic E-state index is -1.58. The molecule has 1 atom stereocenters. The Morgan fingerprint density at radius 1 is 0.812 bits per heavy atom. The molecule has 94 valence electrons. The Morgan fingerprint density at radius 2 is 1.19 bits per heavy atom. The van der Waals surface area contributed by atoms with Crippen LogP contribution in [-0.4, -0.2) is 33.4 Å². The van der Waals surface area contributed by atoms with Crippen molar-refractivity contribution in [2.45, 2.75) is 71.1 Å². The average Bonchev–Trinajstić information content (AvgIpc) is 2.20. The van der Waals surface area contributed by atoms with Crippen LogP contribution in [-0.2, 0) is 11.1 Å². The van der Waals surface area contributed by atoms with Crippen LogP contribution in [0.25, 0.3) is 0 Å². The summed E-state index contributed by atoms with van der Waals surface area (Å²) in [6.07, 6.45) is 12.7. The van der Waals surface area contributed by atoms with E-state index in [1.165, 1.54) is 51.4 Å². The van der Waals surface area contributed by atoms with Gasteiger partial charge in [-0.2, -0.15) is 0 Å². The summed E-state index contributed by atoms with van der Waals surface area (Å²) in [6.45, 7) is 2.24. The fraction of sp³-hybridized carbons (Fsp3) is 1.00. The van der Waals surface area contributed by atoms with Gasteiger partial charge in [0.15, 0.2) is 11.1 Å². The Kier molecular flexibility index (Phi) is 18.7. The molecule has 1 unspecified atom stereocenters. The Bertz CT molecular complexity index is 154. The first kappa shape index (κ1) is 19.1. The van der Waals surface area contributed by atoms with Gasteiger partial charge in [0.1, 0.15) is 0 Å². The molecule has 0 bridgehead atoms. The summed E-state index contributed by atoms with van der Waals surface area (Å²) in [5.74, 6) is 0.455. The van der Waals surface area contributed by atoms with Crippen LogP contribution in [0.5, 0.6) is 0 Å². The van der Waals surface area contributed by atoms with E-state index in [9.17, 15) is 4.21 Å². The van der Waals surface area contributed by atoms with Crippen LogP contribution < -0.4 is 0 Å². The molecule has 0 saturated heterocycles. The van der Waals surface area contributed by atoms with Gasteiger partial charge in [0, 0.05) is 5.75 Å². The van der Waals surface area contributed by atoms with Gasteiger partial charge in [0.05, 0.1) is 0 Å². The van der Waals surface area contributed by atoms with Crippen LogP contribution in [0, 0.1) is 0 Å². The van der Waals surface area contributed by atoms with E-state index in [0.29, 0.717) is 5.75 Å². The zero-order chi connectivity index (χ0) is 11.4. The van der Waals surface area contributed by atoms with Crippen molar-refractivity contribution in [3.63, 3.8) is 0 Å². The van der Waals surface area contributed by atoms with E-state index in [2.05, 4.69) is 6.92 Å². The number of hydrogen-bond acceptors (Lipinski definition) is 1. The zero-order valence-electron chi connectivity index (χ0n) is 10.0. The maximum absolute atomic E-state index is 10.3. The third-order valence-corrected chi connectivity index (χ3v) is 3.31. The summed E-state index contributed by atoms with van der Waals surface area (Å²) in [6, 6.07) is 0. The fourth-order valence-electron chi connectivity index (χ4n) is 1.71. The van der Waals surface area contributed by atoms with Crippen LogP contribution in [0.3, 0.4) is 0 Å². The first-order valence-electron chi connectivity index (χ1n) is 6.35. The predicted molar refractivity (Wildman–Crippen MR) is 74.6 cm³/mol. The molecule has 0 aromatic heterocycles. The summed E-state index contributed by atoms with van der Waals surface area (Å²) in [7, 11) is 0. The van der Waals surface area contributed by atoms with Crippen LogP contribution in [0.15, 0.2) is 0 Å². The van der Waals surface area contributed by atoms with E-state index in [-0.39, 0.29) is 18.9 Å². The molecule has 0 amide bonds. The molecule has 0 saturated carbocycles. The van der Waals surface area contributed by atoms with Crippen molar-refractivity contribution in [1.29, 1.82) is 0 Å². The molecule has 16 heavy (non-hydrogen) atoms. The molecule has 0 aromatic rings. The van der Waals surface area contributed by atoms with E-state index < -0.39 is 11.1 Å². The van der Waals surface area contributed by atoms with Crippen molar-refractivity contribution >= 4 is 29.9 Å². The SMILES string of the molecule is CCCCCCCCCCCCS(=O)O.[LiH]. The van der Waals surface area contributed by atoms with Crippen molar-refractivity contribution in [3.8, 4) is 0 Å².